The van der Waals surface area contributed by atoms with Crippen molar-refractivity contribution in [1.82, 2.24) is 10.3 Å². The van der Waals surface area contributed by atoms with Crippen LogP contribution in [0.1, 0.15) is 31.7 Å². The third kappa shape index (κ3) is 8.00. The molecule has 2 N–H and O–H groups in total. The van der Waals surface area contributed by atoms with E-state index in [2.05, 4.69) is 40.7 Å². The van der Waals surface area contributed by atoms with Gasteiger partial charge in [-0.15, -0.1) is 36.6 Å². The Labute approximate surface area is 184 Å². The van der Waals surface area contributed by atoms with E-state index in [4.69, 9.17) is 0 Å². The molecule has 0 bridgehead atoms. The molecule has 1 aromatic carbocycles. The number of thioether (sulfide) groups is 1. The Hall–Kier alpha value is -1.27. The van der Waals surface area contributed by atoms with Gasteiger partial charge in [0.15, 0.2) is 0 Å². The van der Waals surface area contributed by atoms with Gasteiger partial charge in [0.05, 0.1) is 0 Å². The van der Waals surface area contributed by atoms with Crippen molar-refractivity contribution < 1.29 is 4.79 Å². The normalized spacial score (nSPS) is 15.0. The van der Waals surface area contributed by atoms with Crippen LogP contribution in [0.3, 0.4) is 0 Å². The molecular formula is C21H29Cl2N3OS. The number of nitrogens with zero attached hydrogens (tertiary/aromatic N) is 1. The molecular weight excluding hydrogens is 413 g/mol. The highest BCUT2D eigenvalue weighted by molar-refractivity contribution is 7.98. The number of rotatable bonds is 7. The molecule has 1 atom stereocenters. The van der Waals surface area contributed by atoms with Gasteiger partial charge in [0.1, 0.15) is 0 Å². The third-order valence-electron chi connectivity index (χ3n) is 4.96. The lowest BCUT2D eigenvalue weighted by atomic mass is 9.84. The number of amides is 1. The molecule has 1 saturated heterocycles. The summed E-state index contributed by atoms with van der Waals surface area (Å²) in [5.41, 5.74) is 2.08. The van der Waals surface area contributed by atoms with E-state index in [1.54, 1.807) is 18.0 Å². The summed E-state index contributed by atoms with van der Waals surface area (Å²) in [6.45, 7) is 4.36. The first-order chi connectivity index (χ1) is 12.7. The fourth-order valence-corrected chi connectivity index (χ4v) is 4.20. The van der Waals surface area contributed by atoms with Crippen molar-refractivity contribution in [3.63, 3.8) is 0 Å². The van der Waals surface area contributed by atoms with Gasteiger partial charge in [0, 0.05) is 35.2 Å². The smallest absolute Gasteiger partial charge is 0.224 e. The molecule has 1 aromatic heterocycles. The Bertz CT molecular complexity index is 695. The molecule has 2 heterocycles. The Morgan fingerprint density at radius 3 is 2.57 bits per heavy atom. The van der Waals surface area contributed by atoms with Gasteiger partial charge < -0.3 is 10.6 Å². The van der Waals surface area contributed by atoms with Crippen LogP contribution in [-0.2, 0) is 10.5 Å². The van der Waals surface area contributed by atoms with Crippen LogP contribution < -0.4 is 10.6 Å². The lowest BCUT2D eigenvalue weighted by Crippen LogP contribution is -2.32. The van der Waals surface area contributed by atoms with Gasteiger partial charge in [-0.3, -0.25) is 9.78 Å². The van der Waals surface area contributed by atoms with Crippen molar-refractivity contribution in [2.24, 2.45) is 11.8 Å². The van der Waals surface area contributed by atoms with Gasteiger partial charge in [0.25, 0.3) is 0 Å². The number of hydrogen-bond donors (Lipinski definition) is 2. The van der Waals surface area contributed by atoms with Gasteiger partial charge in [-0.1, -0.05) is 13.0 Å². The second-order valence-corrected chi connectivity index (χ2v) is 8.04. The number of carbonyl (C=O) groups excluding carboxylic acids is 1. The van der Waals surface area contributed by atoms with Crippen molar-refractivity contribution in [1.29, 1.82) is 0 Å². The van der Waals surface area contributed by atoms with E-state index in [1.165, 1.54) is 23.3 Å². The minimum Gasteiger partial charge on any atom is -0.326 e. The van der Waals surface area contributed by atoms with Crippen LogP contribution in [-0.4, -0.2) is 24.0 Å². The average Bonchev–Trinajstić information content (AvgIpc) is 2.69. The van der Waals surface area contributed by atoms with Gasteiger partial charge in [-0.2, -0.15) is 0 Å². The van der Waals surface area contributed by atoms with E-state index in [9.17, 15) is 4.79 Å². The minimum atomic E-state index is 0. The van der Waals surface area contributed by atoms with Gasteiger partial charge >= 0.3 is 0 Å². The summed E-state index contributed by atoms with van der Waals surface area (Å²) in [4.78, 5) is 17.6. The molecule has 0 radical (unpaired) electrons. The summed E-state index contributed by atoms with van der Waals surface area (Å²) in [5, 5.41) is 6.42. The molecule has 1 aliphatic rings. The van der Waals surface area contributed by atoms with Crippen LogP contribution in [0.25, 0.3) is 0 Å². The molecule has 4 nitrogen and oxygen atoms in total. The minimum absolute atomic E-state index is 0. The SMILES string of the molecule is CC(CC(=O)Nc1ccc(SCc2cccnc2)cc1)C1CCNCC1.Cl.Cl. The quantitative estimate of drug-likeness (QED) is 0.580. The van der Waals surface area contributed by atoms with Crippen molar-refractivity contribution in [2.75, 3.05) is 18.4 Å². The van der Waals surface area contributed by atoms with Gasteiger partial charge in [-0.25, -0.2) is 0 Å². The number of halogens is 2. The predicted molar refractivity (Wildman–Crippen MR) is 123 cm³/mol. The van der Waals surface area contributed by atoms with E-state index < -0.39 is 0 Å². The van der Waals surface area contributed by atoms with E-state index in [0.29, 0.717) is 18.3 Å². The number of pyridine rings is 1. The Balaban J connectivity index is 0.00000196. The lowest BCUT2D eigenvalue weighted by molar-refractivity contribution is -0.117. The van der Waals surface area contributed by atoms with Gasteiger partial charge in [0.2, 0.25) is 5.91 Å². The molecule has 0 spiro atoms. The Kier molecular flexibility index (Phi) is 11.5. The summed E-state index contributed by atoms with van der Waals surface area (Å²) in [5.74, 6) is 2.11. The highest BCUT2D eigenvalue weighted by atomic mass is 35.5. The number of piperidine rings is 1. The number of carbonyl (C=O) groups is 1. The van der Waals surface area contributed by atoms with Crippen LogP contribution in [0.2, 0.25) is 0 Å². The first-order valence-corrected chi connectivity index (χ1v) is 10.3. The predicted octanol–water partition coefficient (Wildman–Crippen LogP) is 5.18. The number of nitrogens with one attached hydrogen (secondary N) is 2. The first-order valence-electron chi connectivity index (χ1n) is 9.33. The highest BCUT2D eigenvalue weighted by Gasteiger charge is 2.21. The molecule has 2 aromatic rings. The fourth-order valence-electron chi connectivity index (χ4n) is 3.37. The number of benzene rings is 1. The van der Waals surface area contributed by atoms with Crippen LogP contribution in [0.5, 0.6) is 0 Å². The molecule has 0 aliphatic carbocycles. The molecule has 1 amide bonds. The van der Waals surface area contributed by atoms with E-state index in [0.717, 1.165) is 24.5 Å². The van der Waals surface area contributed by atoms with Crippen molar-refractivity contribution >= 4 is 48.2 Å². The van der Waals surface area contributed by atoms with Crippen LogP contribution in [0, 0.1) is 11.8 Å². The molecule has 154 valence electrons. The first kappa shape index (κ1) is 24.8. The van der Waals surface area contributed by atoms with Crippen LogP contribution >= 0.6 is 36.6 Å². The fraction of sp³-hybridized carbons (Fsp3) is 0.429. The van der Waals surface area contributed by atoms with E-state index >= 15 is 0 Å². The lowest BCUT2D eigenvalue weighted by Gasteiger charge is -2.27. The largest absolute Gasteiger partial charge is 0.326 e. The zero-order chi connectivity index (χ0) is 18.2. The number of aromatic nitrogens is 1. The Morgan fingerprint density at radius 2 is 1.93 bits per heavy atom. The molecule has 7 heteroatoms. The maximum absolute atomic E-state index is 12.3. The van der Waals surface area contributed by atoms with Crippen LogP contribution in [0.15, 0.2) is 53.7 Å². The van der Waals surface area contributed by atoms with Crippen molar-refractivity contribution in [2.45, 2.75) is 36.8 Å². The summed E-state index contributed by atoms with van der Waals surface area (Å²) in [6, 6.07) is 12.1. The molecule has 3 rings (SSSR count). The zero-order valence-electron chi connectivity index (χ0n) is 16.1. The molecule has 1 aliphatic heterocycles. The molecule has 0 saturated carbocycles. The highest BCUT2D eigenvalue weighted by Crippen LogP contribution is 2.26. The van der Waals surface area contributed by atoms with Crippen LogP contribution in [0.4, 0.5) is 5.69 Å². The second kappa shape index (κ2) is 13.0. The summed E-state index contributed by atoms with van der Waals surface area (Å²) in [7, 11) is 0. The monoisotopic (exact) mass is 441 g/mol. The zero-order valence-corrected chi connectivity index (χ0v) is 18.5. The maximum Gasteiger partial charge on any atom is 0.224 e. The third-order valence-corrected chi connectivity index (χ3v) is 6.05. The van der Waals surface area contributed by atoms with E-state index in [1.807, 2.05) is 24.4 Å². The second-order valence-electron chi connectivity index (χ2n) is 6.99. The maximum atomic E-state index is 12.3. The standard InChI is InChI=1S/C21H27N3OS.2ClH/c1-16(18-8-11-22-12-9-18)13-21(25)24-19-4-6-20(7-5-19)26-15-17-3-2-10-23-14-17;;/h2-7,10,14,16,18,22H,8-9,11-13,15H2,1H3,(H,24,25);2*1H. The number of hydrogen-bond acceptors (Lipinski definition) is 4. The average molecular weight is 442 g/mol. The summed E-state index contributed by atoms with van der Waals surface area (Å²) >= 11 is 1.77. The molecule has 28 heavy (non-hydrogen) atoms. The molecule has 1 unspecified atom stereocenters. The topological polar surface area (TPSA) is 54.0 Å². The molecule has 1 fully saturated rings. The summed E-state index contributed by atoms with van der Waals surface area (Å²) < 4.78 is 0. The summed E-state index contributed by atoms with van der Waals surface area (Å²) in [6.07, 6.45) is 6.64. The van der Waals surface area contributed by atoms with Crippen molar-refractivity contribution in [3.05, 3.63) is 54.4 Å². The Morgan fingerprint density at radius 1 is 1.21 bits per heavy atom. The van der Waals surface area contributed by atoms with E-state index in [-0.39, 0.29) is 30.7 Å². The number of anilines is 1. The van der Waals surface area contributed by atoms with Gasteiger partial charge in [-0.05, 0) is 73.7 Å². The van der Waals surface area contributed by atoms with Crippen molar-refractivity contribution in [3.8, 4) is 0 Å².